The number of fused-ring (bicyclic) bond motifs is 1. The van der Waals surface area contributed by atoms with Gasteiger partial charge in [-0.1, -0.05) is 45.0 Å². The van der Waals surface area contributed by atoms with Crippen LogP contribution in [0.5, 0.6) is 23.0 Å². The molecule has 316 valence electrons. The third kappa shape index (κ3) is 10.9. The molecule has 4 amide bonds. The normalized spacial score (nSPS) is 13.3. The number of nitrogens with zero attached hydrogens (tertiary/aromatic N) is 2. The molecule has 0 radical (unpaired) electrons. The Balaban J connectivity index is 1.14. The van der Waals surface area contributed by atoms with Crippen LogP contribution in [0.15, 0.2) is 85.1 Å². The van der Waals surface area contributed by atoms with E-state index in [1.807, 2.05) is 45.0 Å². The van der Waals surface area contributed by atoms with E-state index < -0.39 is 22.7 Å². The van der Waals surface area contributed by atoms with Gasteiger partial charge in [-0.25, -0.2) is 9.78 Å². The van der Waals surface area contributed by atoms with Gasteiger partial charge in [0.25, 0.3) is 11.8 Å². The number of ether oxygens (including phenoxy) is 3. The molecule has 1 aliphatic rings. The Labute approximate surface area is 351 Å². The van der Waals surface area contributed by atoms with E-state index in [1.54, 1.807) is 60.8 Å². The molecular formula is C44H51N7O8S. The zero-order valence-corrected chi connectivity index (χ0v) is 35.2. The van der Waals surface area contributed by atoms with Gasteiger partial charge in [0.2, 0.25) is 0 Å². The molecule has 6 rings (SSSR count). The zero-order chi connectivity index (χ0) is 42.8. The van der Waals surface area contributed by atoms with Crippen molar-refractivity contribution < 1.29 is 37.9 Å². The maximum absolute atomic E-state index is 13.6. The fourth-order valence-electron chi connectivity index (χ4n) is 6.65. The molecule has 0 atom stereocenters. The molecule has 0 aliphatic carbocycles. The van der Waals surface area contributed by atoms with Gasteiger partial charge in [-0.15, -0.1) is 0 Å². The summed E-state index contributed by atoms with van der Waals surface area (Å²) in [4.78, 5) is 46.3. The number of anilines is 4. The number of hydrogen-bond donors (Lipinski definition) is 6. The smallest absolute Gasteiger partial charge is 0.323 e. The van der Waals surface area contributed by atoms with Gasteiger partial charge in [0.05, 0.1) is 43.3 Å². The third-order valence-corrected chi connectivity index (χ3v) is 11.1. The van der Waals surface area contributed by atoms with Gasteiger partial charge >= 0.3 is 6.03 Å². The van der Waals surface area contributed by atoms with Gasteiger partial charge in [-0.2, -0.15) is 0 Å². The van der Waals surface area contributed by atoms with Crippen LogP contribution in [0.25, 0.3) is 10.8 Å². The summed E-state index contributed by atoms with van der Waals surface area (Å²) in [5.41, 5.74) is 2.55. The molecule has 16 heteroatoms. The van der Waals surface area contributed by atoms with Crippen LogP contribution in [-0.2, 0) is 16.2 Å². The molecule has 1 saturated heterocycles. The minimum Gasteiger partial charge on any atom is -0.496 e. The van der Waals surface area contributed by atoms with Crippen LogP contribution in [0.4, 0.5) is 27.7 Å². The number of carbonyl (C=O) groups is 3. The summed E-state index contributed by atoms with van der Waals surface area (Å²) in [7, 11) is 2.19. The second-order valence-electron chi connectivity index (χ2n) is 15.0. The molecule has 1 fully saturated rings. The van der Waals surface area contributed by atoms with Gasteiger partial charge < -0.3 is 45.9 Å². The minimum atomic E-state index is -0.747. The second kappa shape index (κ2) is 19.7. The zero-order valence-electron chi connectivity index (χ0n) is 34.3. The minimum absolute atomic E-state index is 0.0666. The first-order valence-electron chi connectivity index (χ1n) is 19.5. The SMILES string of the molecule is COc1cc(Nc2cc(Oc3ccc(NC(=O)Nc4cc(C(C)(C)C)cc(C(=O)NCCO)c4OC)c4ccccc34)ccn2)ccc1C(=O)NCCN1CCS(=O)CC1. The van der Waals surface area contributed by atoms with E-state index in [4.69, 9.17) is 14.2 Å². The topological polar surface area (TPSA) is 192 Å². The van der Waals surface area contributed by atoms with E-state index in [0.29, 0.717) is 70.3 Å². The Morgan fingerprint density at radius 2 is 1.52 bits per heavy atom. The van der Waals surface area contributed by atoms with Crippen molar-refractivity contribution in [3.63, 3.8) is 0 Å². The fourth-order valence-corrected chi connectivity index (χ4v) is 7.78. The van der Waals surface area contributed by atoms with E-state index in [9.17, 15) is 23.7 Å². The first-order chi connectivity index (χ1) is 28.9. The van der Waals surface area contributed by atoms with Crippen LogP contribution in [-0.4, -0.2) is 102 Å². The Hall–Kier alpha value is -6.23. The monoisotopic (exact) mass is 837 g/mol. The van der Waals surface area contributed by atoms with Crippen LogP contribution in [0.2, 0.25) is 0 Å². The number of nitrogens with one attached hydrogen (secondary N) is 5. The van der Waals surface area contributed by atoms with Crippen LogP contribution < -0.4 is 40.8 Å². The summed E-state index contributed by atoms with van der Waals surface area (Å²) >= 11 is 0. The highest BCUT2D eigenvalue weighted by Crippen LogP contribution is 2.38. The van der Waals surface area contributed by atoms with Crippen molar-refractivity contribution in [3.8, 4) is 23.0 Å². The van der Waals surface area contributed by atoms with E-state index in [2.05, 4.69) is 36.5 Å². The predicted molar refractivity (Wildman–Crippen MR) is 235 cm³/mol. The van der Waals surface area contributed by atoms with Crippen LogP contribution in [0.3, 0.4) is 0 Å². The number of methoxy groups -OCH3 is 2. The molecule has 0 spiro atoms. The number of amides is 4. The van der Waals surface area contributed by atoms with Gasteiger partial charge in [-0.05, 0) is 53.4 Å². The Morgan fingerprint density at radius 3 is 2.23 bits per heavy atom. The van der Waals surface area contributed by atoms with Crippen LogP contribution in [0, 0.1) is 0 Å². The highest BCUT2D eigenvalue weighted by molar-refractivity contribution is 7.85. The van der Waals surface area contributed by atoms with Gasteiger partial charge in [0.15, 0.2) is 5.75 Å². The van der Waals surface area contributed by atoms with Crippen molar-refractivity contribution in [1.29, 1.82) is 0 Å². The van der Waals surface area contributed by atoms with Crippen molar-refractivity contribution >= 4 is 62.3 Å². The summed E-state index contributed by atoms with van der Waals surface area (Å²) in [5.74, 6) is 2.77. The van der Waals surface area contributed by atoms with Crippen molar-refractivity contribution in [1.82, 2.24) is 20.5 Å². The van der Waals surface area contributed by atoms with Gasteiger partial charge in [0.1, 0.15) is 23.1 Å². The molecule has 2 heterocycles. The number of rotatable bonds is 15. The molecular weight excluding hydrogens is 787 g/mol. The average molecular weight is 838 g/mol. The number of hydrogen-bond acceptors (Lipinski definition) is 11. The highest BCUT2D eigenvalue weighted by Gasteiger charge is 2.24. The average Bonchev–Trinajstić information content (AvgIpc) is 3.23. The van der Waals surface area contributed by atoms with E-state index in [-0.39, 0.29) is 35.8 Å². The summed E-state index contributed by atoms with van der Waals surface area (Å²) in [6.45, 7) is 8.52. The molecule has 0 unspecified atom stereocenters. The van der Waals surface area contributed by atoms with Crippen LogP contribution >= 0.6 is 0 Å². The number of urea groups is 1. The van der Waals surface area contributed by atoms with Gasteiger partial charge in [0, 0.05) is 89.8 Å². The lowest BCUT2D eigenvalue weighted by molar-refractivity contribution is 0.0935. The number of aliphatic hydroxyl groups is 1. The molecule has 0 bridgehead atoms. The molecule has 0 saturated carbocycles. The standard InChI is InChI=1S/C44H51N7O8S/c1-44(2,3)28-24-34(42(54)47-17-21-52)40(58-5)36(25-28)50-43(55)49-35-12-13-37(32-9-7-6-8-31(32)35)59-30-14-15-45-39(27-30)48-29-10-11-33(38(26-29)57-4)41(53)46-16-18-51-19-22-60(56)23-20-51/h6-15,24-27,52H,16-23H2,1-5H3,(H,45,48)(H,46,53)(H,47,54)(H2,49,50,55). The third-order valence-electron chi connectivity index (χ3n) is 9.84. The fraction of sp³-hybridized carbons (Fsp3) is 0.318. The highest BCUT2D eigenvalue weighted by atomic mass is 32.2. The van der Waals surface area contributed by atoms with Crippen molar-refractivity contribution in [2.45, 2.75) is 26.2 Å². The summed E-state index contributed by atoms with van der Waals surface area (Å²) in [5, 5.41) is 25.4. The Bertz CT molecular complexity index is 2380. The summed E-state index contributed by atoms with van der Waals surface area (Å²) in [6, 6.07) is 22.6. The molecule has 15 nitrogen and oxygen atoms in total. The van der Waals surface area contributed by atoms with Crippen molar-refractivity contribution in [3.05, 3.63) is 102 Å². The Kier molecular flexibility index (Phi) is 14.2. The lowest BCUT2D eigenvalue weighted by Gasteiger charge is -2.26. The number of carbonyl (C=O) groups excluding carboxylic acids is 3. The lowest BCUT2D eigenvalue weighted by Crippen LogP contribution is -2.42. The maximum Gasteiger partial charge on any atom is 0.323 e. The lowest BCUT2D eigenvalue weighted by atomic mass is 9.85. The maximum atomic E-state index is 13.6. The summed E-state index contributed by atoms with van der Waals surface area (Å²) < 4.78 is 29.2. The van der Waals surface area contributed by atoms with E-state index in [1.165, 1.54) is 14.2 Å². The van der Waals surface area contributed by atoms with Crippen molar-refractivity contribution in [2.75, 3.05) is 81.0 Å². The van der Waals surface area contributed by atoms with E-state index in [0.717, 1.165) is 29.4 Å². The molecule has 4 aromatic carbocycles. The molecule has 6 N–H and O–H groups in total. The second-order valence-corrected chi connectivity index (χ2v) is 16.7. The first kappa shape index (κ1) is 43.4. The first-order valence-corrected chi connectivity index (χ1v) is 21.0. The van der Waals surface area contributed by atoms with Gasteiger partial charge in [-0.3, -0.25) is 18.7 Å². The van der Waals surface area contributed by atoms with E-state index >= 15 is 0 Å². The van der Waals surface area contributed by atoms with Crippen LogP contribution in [0.1, 0.15) is 47.1 Å². The predicted octanol–water partition coefficient (Wildman–Crippen LogP) is 6.25. The largest absolute Gasteiger partial charge is 0.496 e. The number of aromatic nitrogens is 1. The van der Waals surface area contributed by atoms with Crippen molar-refractivity contribution in [2.24, 2.45) is 0 Å². The number of aliphatic hydroxyl groups excluding tert-OH is 1. The number of benzene rings is 4. The molecule has 1 aromatic heterocycles. The molecule has 5 aromatic rings. The molecule has 60 heavy (non-hydrogen) atoms. The molecule has 1 aliphatic heterocycles. The summed E-state index contributed by atoms with van der Waals surface area (Å²) in [6.07, 6.45) is 1.61. The quantitative estimate of drug-likeness (QED) is 0.0699. The number of pyridine rings is 1. The Morgan fingerprint density at radius 1 is 0.800 bits per heavy atom.